The molecule has 0 saturated carbocycles. The van der Waals surface area contributed by atoms with Gasteiger partial charge in [-0.05, 0) is 5.56 Å². The number of carbonyl (C=O) groups excluding carboxylic acids is 2. The lowest BCUT2D eigenvalue weighted by Gasteiger charge is -2.15. The van der Waals surface area contributed by atoms with E-state index in [1.165, 1.54) is 25.3 Å². The molecule has 19 heavy (non-hydrogen) atoms. The summed E-state index contributed by atoms with van der Waals surface area (Å²) in [7, 11) is 1.30. The van der Waals surface area contributed by atoms with Gasteiger partial charge >= 0.3 is 5.97 Å². The second-order valence-corrected chi connectivity index (χ2v) is 3.87. The zero-order chi connectivity index (χ0) is 14.1. The summed E-state index contributed by atoms with van der Waals surface area (Å²) in [6, 6.07) is 8.73. The molecule has 0 fully saturated rings. The maximum absolute atomic E-state index is 11.6. The third-order valence-corrected chi connectivity index (χ3v) is 2.47. The quantitative estimate of drug-likeness (QED) is 0.480. The lowest BCUT2D eigenvalue weighted by Crippen LogP contribution is -2.42. The van der Waals surface area contributed by atoms with Crippen LogP contribution in [-0.2, 0) is 20.7 Å². The van der Waals surface area contributed by atoms with Crippen molar-refractivity contribution in [1.82, 2.24) is 5.32 Å². The van der Waals surface area contributed by atoms with Crippen LogP contribution in [0.5, 0.6) is 0 Å². The van der Waals surface area contributed by atoms with Crippen LogP contribution in [0.15, 0.2) is 55.1 Å². The first-order valence-corrected chi connectivity index (χ1v) is 5.88. The van der Waals surface area contributed by atoms with Gasteiger partial charge in [-0.3, -0.25) is 4.79 Å². The summed E-state index contributed by atoms with van der Waals surface area (Å²) < 4.78 is 4.69. The Morgan fingerprint density at radius 1 is 1.37 bits per heavy atom. The number of amides is 1. The fourth-order valence-electron chi connectivity index (χ4n) is 1.56. The maximum atomic E-state index is 11.6. The van der Waals surface area contributed by atoms with Gasteiger partial charge in [-0.1, -0.05) is 49.1 Å². The van der Waals surface area contributed by atoms with Crippen molar-refractivity contribution in [1.29, 1.82) is 0 Å². The van der Waals surface area contributed by atoms with Crippen molar-refractivity contribution >= 4 is 11.9 Å². The van der Waals surface area contributed by atoms with Gasteiger partial charge in [-0.25, -0.2) is 4.79 Å². The molecule has 4 heteroatoms. The lowest BCUT2D eigenvalue weighted by molar-refractivity contribution is -0.144. The Labute approximate surface area is 112 Å². The first kappa shape index (κ1) is 14.7. The molecule has 0 aliphatic carbocycles. The van der Waals surface area contributed by atoms with Crippen LogP contribution in [0.2, 0.25) is 0 Å². The van der Waals surface area contributed by atoms with E-state index in [9.17, 15) is 9.59 Å². The van der Waals surface area contributed by atoms with Crippen molar-refractivity contribution in [2.75, 3.05) is 7.11 Å². The Hall–Kier alpha value is -2.36. The smallest absolute Gasteiger partial charge is 0.328 e. The van der Waals surface area contributed by atoms with E-state index >= 15 is 0 Å². The van der Waals surface area contributed by atoms with Crippen LogP contribution >= 0.6 is 0 Å². The van der Waals surface area contributed by atoms with Crippen molar-refractivity contribution in [3.05, 3.63) is 60.7 Å². The number of carbonyl (C=O) groups is 2. The second kappa shape index (κ2) is 7.87. The van der Waals surface area contributed by atoms with Gasteiger partial charge in [0, 0.05) is 12.5 Å². The molecule has 1 amide bonds. The SMILES string of the molecule is C=C/C=C/C(=O)NC(Cc1ccccc1)C(=O)OC. The fourth-order valence-corrected chi connectivity index (χ4v) is 1.56. The number of rotatable bonds is 6. The van der Waals surface area contributed by atoms with Gasteiger partial charge in [0.15, 0.2) is 0 Å². The molecule has 1 N–H and O–H groups in total. The number of hydrogen-bond donors (Lipinski definition) is 1. The number of methoxy groups -OCH3 is 1. The highest BCUT2D eigenvalue weighted by Crippen LogP contribution is 2.04. The Morgan fingerprint density at radius 3 is 2.63 bits per heavy atom. The molecule has 0 aliphatic heterocycles. The summed E-state index contributed by atoms with van der Waals surface area (Å²) in [5, 5.41) is 2.60. The zero-order valence-electron chi connectivity index (χ0n) is 10.8. The fraction of sp³-hybridized carbons (Fsp3) is 0.200. The third-order valence-electron chi connectivity index (χ3n) is 2.47. The Morgan fingerprint density at radius 2 is 2.05 bits per heavy atom. The molecule has 0 spiro atoms. The number of esters is 1. The molecule has 4 nitrogen and oxygen atoms in total. The van der Waals surface area contributed by atoms with Gasteiger partial charge in [-0.15, -0.1) is 0 Å². The zero-order valence-corrected chi connectivity index (χ0v) is 10.8. The summed E-state index contributed by atoms with van der Waals surface area (Å²) in [5.41, 5.74) is 0.950. The van der Waals surface area contributed by atoms with Crippen molar-refractivity contribution in [2.24, 2.45) is 0 Å². The first-order valence-electron chi connectivity index (χ1n) is 5.88. The summed E-state index contributed by atoms with van der Waals surface area (Å²) in [5.74, 6) is -0.824. The van der Waals surface area contributed by atoms with Gasteiger partial charge in [0.2, 0.25) is 5.91 Å². The molecule has 1 unspecified atom stereocenters. The van der Waals surface area contributed by atoms with Gasteiger partial charge in [0.1, 0.15) is 6.04 Å². The van der Waals surface area contributed by atoms with Gasteiger partial charge in [0.25, 0.3) is 0 Å². The van der Waals surface area contributed by atoms with E-state index in [0.29, 0.717) is 6.42 Å². The molecule has 0 aromatic heterocycles. The number of nitrogens with one attached hydrogen (secondary N) is 1. The Bertz CT molecular complexity index is 466. The van der Waals surface area contributed by atoms with Crippen LogP contribution in [0.4, 0.5) is 0 Å². The minimum atomic E-state index is -0.700. The van der Waals surface area contributed by atoms with E-state index in [4.69, 9.17) is 4.74 Å². The van der Waals surface area contributed by atoms with Gasteiger partial charge in [0.05, 0.1) is 7.11 Å². The Kier molecular flexibility index (Phi) is 6.09. The van der Waals surface area contributed by atoms with Crippen molar-refractivity contribution in [2.45, 2.75) is 12.5 Å². The number of allylic oxidation sites excluding steroid dienone is 2. The molecule has 1 aromatic carbocycles. The number of ether oxygens (including phenoxy) is 1. The Balaban J connectivity index is 2.72. The largest absolute Gasteiger partial charge is 0.467 e. The molecule has 0 saturated heterocycles. The van der Waals surface area contributed by atoms with E-state index in [-0.39, 0.29) is 5.91 Å². The topological polar surface area (TPSA) is 55.4 Å². The van der Waals surface area contributed by atoms with Crippen LogP contribution in [0.3, 0.4) is 0 Å². The summed E-state index contributed by atoms with van der Waals surface area (Å²) in [6.07, 6.45) is 4.70. The predicted molar refractivity (Wildman–Crippen MR) is 73.4 cm³/mol. The first-order chi connectivity index (χ1) is 9.17. The molecule has 100 valence electrons. The van der Waals surface area contributed by atoms with Crippen molar-refractivity contribution < 1.29 is 14.3 Å². The van der Waals surface area contributed by atoms with E-state index in [1.807, 2.05) is 30.3 Å². The maximum Gasteiger partial charge on any atom is 0.328 e. The molecular formula is C15H17NO3. The monoisotopic (exact) mass is 259 g/mol. The van der Waals surface area contributed by atoms with E-state index < -0.39 is 12.0 Å². The molecule has 0 radical (unpaired) electrons. The van der Waals surface area contributed by atoms with Crippen molar-refractivity contribution in [3.8, 4) is 0 Å². The van der Waals surface area contributed by atoms with Gasteiger partial charge < -0.3 is 10.1 Å². The van der Waals surface area contributed by atoms with Crippen molar-refractivity contribution in [3.63, 3.8) is 0 Å². The standard InChI is InChI=1S/C15H17NO3/c1-3-4-10-14(17)16-13(15(18)19-2)11-12-8-6-5-7-9-12/h3-10,13H,1,11H2,2H3,(H,16,17)/b10-4+. The van der Waals surface area contributed by atoms with Crippen LogP contribution in [0, 0.1) is 0 Å². The van der Waals surface area contributed by atoms with Crippen LogP contribution < -0.4 is 5.32 Å². The highest BCUT2D eigenvalue weighted by molar-refractivity contribution is 5.91. The van der Waals surface area contributed by atoms with Gasteiger partial charge in [-0.2, -0.15) is 0 Å². The molecular weight excluding hydrogens is 242 g/mol. The minimum absolute atomic E-state index is 0.355. The molecule has 1 aromatic rings. The molecule has 1 rings (SSSR count). The van der Waals surface area contributed by atoms with Crippen LogP contribution in [-0.4, -0.2) is 25.0 Å². The molecule has 1 atom stereocenters. The number of hydrogen-bond acceptors (Lipinski definition) is 3. The summed E-state index contributed by atoms with van der Waals surface area (Å²) in [4.78, 5) is 23.2. The minimum Gasteiger partial charge on any atom is -0.467 e. The number of benzene rings is 1. The average molecular weight is 259 g/mol. The van der Waals surface area contributed by atoms with Crippen LogP contribution in [0.1, 0.15) is 5.56 Å². The highest BCUT2D eigenvalue weighted by atomic mass is 16.5. The molecule has 0 bridgehead atoms. The second-order valence-electron chi connectivity index (χ2n) is 3.87. The summed E-state index contributed by atoms with van der Waals surface area (Å²) >= 11 is 0. The third kappa shape index (κ3) is 5.21. The average Bonchev–Trinajstić information content (AvgIpc) is 2.44. The van der Waals surface area contributed by atoms with Crippen LogP contribution in [0.25, 0.3) is 0 Å². The summed E-state index contributed by atoms with van der Waals surface area (Å²) in [6.45, 7) is 3.47. The van der Waals surface area contributed by atoms with E-state index in [0.717, 1.165) is 5.56 Å². The predicted octanol–water partition coefficient (Wildman–Crippen LogP) is 1.63. The molecule has 0 aliphatic rings. The molecule has 0 heterocycles. The lowest BCUT2D eigenvalue weighted by atomic mass is 10.1. The highest BCUT2D eigenvalue weighted by Gasteiger charge is 2.20. The van der Waals surface area contributed by atoms with E-state index in [1.54, 1.807) is 0 Å². The normalized spacial score (nSPS) is 11.8. The van der Waals surface area contributed by atoms with E-state index in [2.05, 4.69) is 11.9 Å².